The summed E-state index contributed by atoms with van der Waals surface area (Å²) in [6.45, 7) is 0.124. The number of nitrogens with two attached hydrogens (primary N) is 3. The molecular formula is C13H20Br3F2N7O2. The van der Waals surface area contributed by atoms with E-state index in [1.165, 1.54) is 18.2 Å². The number of hydrogen-bond donors (Lipinski definition) is 6. The SMILES string of the molecule is Br.Br.Br.N#CC(NCC(=N)N)c1cccc2c1OC(F)(F)O2.N=C(N)CN. The second kappa shape index (κ2) is 13.6. The summed E-state index contributed by atoms with van der Waals surface area (Å²) in [6.07, 6.45) is -3.74. The molecule has 9 N–H and O–H groups in total. The number of benzene rings is 1. The molecule has 9 nitrogen and oxygen atoms in total. The van der Waals surface area contributed by atoms with Crippen molar-refractivity contribution >= 4 is 62.6 Å². The van der Waals surface area contributed by atoms with Crippen molar-refractivity contribution in [1.82, 2.24) is 5.32 Å². The van der Waals surface area contributed by atoms with E-state index in [9.17, 15) is 8.78 Å². The number of fused-ring (bicyclic) bond motifs is 1. The van der Waals surface area contributed by atoms with Gasteiger partial charge in [0.05, 0.1) is 19.2 Å². The van der Waals surface area contributed by atoms with Crippen LogP contribution >= 0.6 is 50.9 Å². The molecule has 0 amide bonds. The molecule has 154 valence electrons. The van der Waals surface area contributed by atoms with Crippen molar-refractivity contribution < 1.29 is 18.3 Å². The molecule has 0 bridgehead atoms. The minimum absolute atomic E-state index is 0. The van der Waals surface area contributed by atoms with Gasteiger partial charge in [0, 0.05) is 5.56 Å². The highest BCUT2D eigenvalue weighted by Crippen LogP contribution is 2.44. The molecule has 1 aromatic rings. The first-order valence-electron chi connectivity index (χ1n) is 6.57. The van der Waals surface area contributed by atoms with E-state index in [1.54, 1.807) is 0 Å². The minimum Gasteiger partial charge on any atom is -0.395 e. The Kier molecular flexibility index (Phi) is 15.2. The average molecular weight is 584 g/mol. The molecule has 0 saturated carbocycles. The second-order valence-corrected chi connectivity index (χ2v) is 4.54. The third kappa shape index (κ3) is 9.82. The molecule has 1 aliphatic rings. The third-order valence-corrected chi connectivity index (χ3v) is 2.62. The molecule has 0 aliphatic carbocycles. The quantitative estimate of drug-likeness (QED) is 0.225. The summed E-state index contributed by atoms with van der Waals surface area (Å²) in [5.41, 5.74) is 14.9. The maximum atomic E-state index is 13.0. The van der Waals surface area contributed by atoms with Crippen molar-refractivity contribution in [3.63, 3.8) is 0 Å². The highest BCUT2D eigenvalue weighted by molar-refractivity contribution is 8.93. The molecule has 1 aliphatic heterocycles. The van der Waals surface area contributed by atoms with E-state index in [2.05, 4.69) is 14.8 Å². The molecule has 0 fully saturated rings. The fraction of sp³-hybridized carbons (Fsp3) is 0.308. The van der Waals surface area contributed by atoms with Gasteiger partial charge in [0.15, 0.2) is 11.5 Å². The van der Waals surface area contributed by atoms with Gasteiger partial charge in [0.1, 0.15) is 17.7 Å². The van der Waals surface area contributed by atoms with E-state index in [0.29, 0.717) is 0 Å². The smallest absolute Gasteiger partial charge is 0.395 e. The molecule has 0 spiro atoms. The number of para-hydroxylation sites is 1. The molecule has 1 heterocycles. The van der Waals surface area contributed by atoms with E-state index in [1.807, 2.05) is 6.07 Å². The van der Waals surface area contributed by atoms with Gasteiger partial charge in [-0.2, -0.15) is 5.26 Å². The molecule has 27 heavy (non-hydrogen) atoms. The lowest BCUT2D eigenvalue weighted by atomic mass is 10.1. The van der Waals surface area contributed by atoms with E-state index in [0.717, 1.165) is 0 Å². The van der Waals surface area contributed by atoms with Crippen LogP contribution in [0.25, 0.3) is 0 Å². The Hall–Kier alpha value is -1.53. The van der Waals surface area contributed by atoms with Gasteiger partial charge in [0.25, 0.3) is 0 Å². The summed E-state index contributed by atoms with van der Waals surface area (Å²) in [5.74, 6) is -0.456. The Morgan fingerprint density at radius 3 is 2.19 bits per heavy atom. The van der Waals surface area contributed by atoms with Crippen molar-refractivity contribution in [3.05, 3.63) is 23.8 Å². The summed E-state index contributed by atoms with van der Waals surface area (Å²) in [5, 5.41) is 25.2. The summed E-state index contributed by atoms with van der Waals surface area (Å²) in [6, 6.07) is 5.21. The van der Waals surface area contributed by atoms with Crippen LogP contribution in [0.15, 0.2) is 18.2 Å². The standard InChI is InChI=1S/C11H10F2N4O2.C2H7N3.3BrH/c12-11(13)18-8-3-1-2-6(10(8)19-11)7(4-14)17-5-9(15)16;3-1-2(4)5;;;/h1-3,7,17H,5H2,(H3,15,16);1,3H2,(H3,4,5);3*1H. The van der Waals surface area contributed by atoms with Crippen molar-refractivity contribution in [1.29, 1.82) is 16.1 Å². The van der Waals surface area contributed by atoms with E-state index < -0.39 is 12.3 Å². The van der Waals surface area contributed by atoms with Crippen LogP contribution in [0.1, 0.15) is 11.6 Å². The molecular weight excluding hydrogens is 564 g/mol. The van der Waals surface area contributed by atoms with Crippen molar-refractivity contribution in [2.45, 2.75) is 12.3 Å². The fourth-order valence-corrected chi connectivity index (χ4v) is 1.65. The Morgan fingerprint density at radius 1 is 1.19 bits per heavy atom. The summed E-state index contributed by atoms with van der Waals surface area (Å²) in [4.78, 5) is 0. The number of amidine groups is 2. The Morgan fingerprint density at radius 2 is 1.74 bits per heavy atom. The zero-order valence-corrected chi connectivity index (χ0v) is 18.8. The first-order valence-corrected chi connectivity index (χ1v) is 6.57. The lowest BCUT2D eigenvalue weighted by Crippen LogP contribution is -2.31. The lowest BCUT2D eigenvalue weighted by molar-refractivity contribution is -0.287. The molecule has 0 aromatic heterocycles. The van der Waals surface area contributed by atoms with Crippen LogP contribution in [0.4, 0.5) is 8.78 Å². The molecule has 14 heteroatoms. The van der Waals surface area contributed by atoms with Crippen molar-refractivity contribution in [3.8, 4) is 17.6 Å². The van der Waals surface area contributed by atoms with Gasteiger partial charge in [-0.15, -0.1) is 59.7 Å². The van der Waals surface area contributed by atoms with Gasteiger partial charge in [0.2, 0.25) is 0 Å². The van der Waals surface area contributed by atoms with Crippen LogP contribution in [-0.4, -0.2) is 31.1 Å². The topological polar surface area (TPSA) is 180 Å². The lowest BCUT2D eigenvalue weighted by Gasteiger charge is -2.13. The number of nitrogens with one attached hydrogen (secondary N) is 3. The molecule has 0 radical (unpaired) electrons. The first-order chi connectivity index (χ1) is 11.2. The predicted molar refractivity (Wildman–Crippen MR) is 113 cm³/mol. The monoisotopic (exact) mass is 581 g/mol. The van der Waals surface area contributed by atoms with Crippen molar-refractivity contribution in [2.75, 3.05) is 13.1 Å². The van der Waals surface area contributed by atoms with Gasteiger partial charge in [-0.25, -0.2) is 0 Å². The number of alkyl halides is 2. The van der Waals surface area contributed by atoms with Gasteiger partial charge < -0.3 is 26.7 Å². The molecule has 2 rings (SSSR count). The third-order valence-electron chi connectivity index (χ3n) is 2.62. The zero-order valence-electron chi connectivity index (χ0n) is 13.7. The summed E-state index contributed by atoms with van der Waals surface area (Å²) in [7, 11) is 0. The van der Waals surface area contributed by atoms with E-state index >= 15 is 0 Å². The van der Waals surface area contributed by atoms with E-state index in [-0.39, 0.29) is 92.8 Å². The van der Waals surface area contributed by atoms with Gasteiger partial charge >= 0.3 is 6.29 Å². The number of ether oxygens (including phenoxy) is 2. The van der Waals surface area contributed by atoms with Crippen LogP contribution in [0.5, 0.6) is 11.5 Å². The molecule has 0 saturated heterocycles. The van der Waals surface area contributed by atoms with Crippen LogP contribution in [0.3, 0.4) is 0 Å². The van der Waals surface area contributed by atoms with Crippen LogP contribution in [-0.2, 0) is 0 Å². The maximum absolute atomic E-state index is 13.0. The Balaban J connectivity index is -0.000000644. The van der Waals surface area contributed by atoms with E-state index in [4.69, 9.17) is 33.3 Å². The fourth-order valence-electron chi connectivity index (χ4n) is 1.65. The number of nitriles is 1. The highest BCUT2D eigenvalue weighted by atomic mass is 79.9. The average Bonchev–Trinajstić information content (AvgIpc) is 2.82. The van der Waals surface area contributed by atoms with Crippen LogP contribution < -0.4 is 32.0 Å². The summed E-state index contributed by atoms with van der Waals surface area (Å²) >= 11 is 0. The predicted octanol–water partition coefficient (Wildman–Crippen LogP) is 1.71. The zero-order chi connectivity index (χ0) is 18.3. The van der Waals surface area contributed by atoms with Crippen LogP contribution in [0, 0.1) is 22.1 Å². The van der Waals surface area contributed by atoms with Crippen molar-refractivity contribution in [2.24, 2.45) is 17.2 Å². The van der Waals surface area contributed by atoms with Gasteiger partial charge in [-0.3, -0.25) is 16.1 Å². The van der Waals surface area contributed by atoms with Gasteiger partial charge in [-0.05, 0) is 6.07 Å². The highest BCUT2D eigenvalue weighted by Gasteiger charge is 2.45. The number of rotatable bonds is 5. The second-order valence-electron chi connectivity index (χ2n) is 4.54. The Bertz CT molecular complexity index is 674. The normalized spacial score (nSPS) is 13.1. The van der Waals surface area contributed by atoms with Crippen LogP contribution in [0.2, 0.25) is 0 Å². The summed E-state index contributed by atoms with van der Waals surface area (Å²) < 4.78 is 34.7. The number of nitrogens with zero attached hydrogens (tertiary/aromatic N) is 1. The Labute approximate surface area is 185 Å². The number of hydrogen-bond acceptors (Lipinski definition) is 7. The first kappa shape index (κ1) is 30.2. The maximum Gasteiger partial charge on any atom is 0.586 e. The molecule has 1 unspecified atom stereocenters. The van der Waals surface area contributed by atoms with Gasteiger partial charge in [-0.1, -0.05) is 12.1 Å². The molecule has 1 atom stereocenters. The number of halogens is 5. The minimum atomic E-state index is -3.74. The largest absolute Gasteiger partial charge is 0.586 e. The molecule has 1 aromatic carbocycles.